The molecular weight excluding hydrogens is 162 g/mol. The Morgan fingerprint density at radius 2 is 1.92 bits per heavy atom. The Morgan fingerprint density at radius 1 is 1.38 bits per heavy atom. The third-order valence-electron chi connectivity index (χ3n) is 2.05. The van der Waals surface area contributed by atoms with Crippen LogP contribution in [0.1, 0.15) is 34.1 Å². The maximum absolute atomic E-state index is 9.13. The molecule has 0 amide bonds. The van der Waals surface area contributed by atoms with Crippen molar-refractivity contribution in [2.24, 2.45) is 5.92 Å². The Labute approximate surface area is 82.0 Å². The summed E-state index contributed by atoms with van der Waals surface area (Å²) in [6.07, 6.45) is 0.719. The van der Waals surface area contributed by atoms with Crippen LogP contribution in [0.4, 0.5) is 0 Å². The standard InChI is InChI=1S/C11H23NO/c1-8(2)6-11(9(3)4)12-7-10(5)13/h9-13H,1,6-7H2,2-5H3. The minimum Gasteiger partial charge on any atom is -0.392 e. The molecule has 2 nitrogen and oxygen atoms in total. The van der Waals surface area contributed by atoms with Crippen molar-refractivity contribution in [3.8, 4) is 0 Å². The summed E-state index contributed by atoms with van der Waals surface area (Å²) in [6, 6.07) is 0.437. The average Bonchev–Trinajstić information content (AvgIpc) is 1.96. The first-order valence-electron chi connectivity index (χ1n) is 4.99. The fraction of sp³-hybridized carbons (Fsp3) is 0.818. The van der Waals surface area contributed by atoms with Gasteiger partial charge >= 0.3 is 0 Å². The monoisotopic (exact) mass is 185 g/mol. The van der Waals surface area contributed by atoms with E-state index in [1.807, 2.05) is 6.92 Å². The molecular formula is C11H23NO. The fourth-order valence-corrected chi connectivity index (χ4v) is 1.24. The summed E-state index contributed by atoms with van der Waals surface area (Å²) < 4.78 is 0. The van der Waals surface area contributed by atoms with E-state index in [9.17, 15) is 0 Å². The lowest BCUT2D eigenvalue weighted by molar-refractivity contribution is 0.181. The van der Waals surface area contributed by atoms with Gasteiger partial charge in [-0.15, -0.1) is 6.58 Å². The summed E-state index contributed by atoms with van der Waals surface area (Å²) in [5.41, 5.74) is 1.19. The molecule has 2 heteroatoms. The van der Waals surface area contributed by atoms with E-state index in [2.05, 4.69) is 25.7 Å². The van der Waals surface area contributed by atoms with E-state index in [1.165, 1.54) is 5.57 Å². The quantitative estimate of drug-likeness (QED) is 0.620. The largest absolute Gasteiger partial charge is 0.392 e. The Bertz CT molecular complexity index is 152. The summed E-state index contributed by atoms with van der Waals surface area (Å²) in [6.45, 7) is 12.8. The first kappa shape index (κ1) is 12.7. The van der Waals surface area contributed by atoms with Crippen LogP contribution >= 0.6 is 0 Å². The van der Waals surface area contributed by atoms with Gasteiger partial charge in [-0.3, -0.25) is 0 Å². The van der Waals surface area contributed by atoms with Crippen LogP contribution in [-0.4, -0.2) is 23.8 Å². The van der Waals surface area contributed by atoms with Gasteiger partial charge in [0.15, 0.2) is 0 Å². The van der Waals surface area contributed by atoms with Crippen LogP contribution in [0.2, 0.25) is 0 Å². The van der Waals surface area contributed by atoms with Crippen LogP contribution in [0.3, 0.4) is 0 Å². The Balaban J connectivity index is 3.88. The van der Waals surface area contributed by atoms with Crippen molar-refractivity contribution >= 4 is 0 Å². The highest BCUT2D eigenvalue weighted by atomic mass is 16.3. The van der Waals surface area contributed by atoms with Crippen molar-refractivity contribution in [3.63, 3.8) is 0 Å². The van der Waals surface area contributed by atoms with Crippen molar-refractivity contribution in [3.05, 3.63) is 12.2 Å². The molecule has 0 aromatic heterocycles. The lowest BCUT2D eigenvalue weighted by Gasteiger charge is -2.23. The lowest BCUT2D eigenvalue weighted by Crippen LogP contribution is -2.38. The Kier molecular flexibility index (Phi) is 6.00. The minimum atomic E-state index is -0.272. The highest BCUT2D eigenvalue weighted by Crippen LogP contribution is 2.10. The van der Waals surface area contributed by atoms with Gasteiger partial charge in [0.2, 0.25) is 0 Å². The molecule has 0 aliphatic heterocycles. The second-order valence-electron chi connectivity index (χ2n) is 4.27. The van der Waals surface area contributed by atoms with Gasteiger partial charge in [0.05, 0.1) is 6.10 Å². The second kappa shape index (κ2) is 6.17. The third-order valence-corrected chi connectivity index (χ3v) is 2.05. The summed E-state index contributed by atoms with van der Waals surface area (Å²) in [5.74, 6) is 0.579. The molecule has 0 aliphatic rings. The molecule has 0 aromatic rings. The van der Waals surface area contributed by atoms with Crippen molar-refractivity contribution in [1.29, 1.82) is 0 Å². The number of hydrogen-bond acceptors (Lipinski definition) is 2. The lowest BCUT2D eigenvalue weighted by atomic mass is 9.97. The summed E-state index contributed by atoms with van der Waals surface area (Å²) in [7, 11) is 0. The maximum Gasteiger partial charge on any atom is 0.0636 e. The highest BCUT2D eigenvalue weighted by molar-refractivity contribution is 4.93. The molecule has 0 saturated carbocycles. The number of nitrogens with one attached hydrogen (secondary N) is 1. The Hall–Kier alpha value is -0.340. The fourth-order valence-electron chi connectivity index (χ4n) is 1.24. The van der Waals surface area contributed by atoms with E-state index in [-0.39, 0.29) is 6.10 Å². The summed E-state index contributed by atoms with van der Waals surface area (Å²) in [4.78, 5) is 0. The van der Waals surface area contributed by atoms with Gasteiger partial charge in [0.25, 0.3) is 0 Å². The molecule has 0 saturated heterocycles. The van der Waals surface area contributed by atoms with Gasteiger partial charge in [-0.25, -0.2) is 0 Å². The van der Waals surface area contributed by atoms with Crippen molar-refractivity contribution < 1.29 is 5.11 Å². The molecule has 78 valence electrons. The van der Waals surface area contributed by atoms with Gasteiger partial charge < -0.3 is 10.4 Å². The van der Waals surface area contributed by atoms with Crippen LogP contribution < -0.4 is 5.32 Å². The predicted molar refractivity (Wildman–Crippen MR) is 57.7 cm³/mol. The van der Waals surface area contributed by atoms with Crippen LogP contribution in [-0.2, 0) is 0 Å². The highest BCUT2D eigenvalue weighted by Gasteiger charge is 2.12. The van der Waals surface area contributed by atoms with Crippen LogP contribution in [0.25, 0.3) is 0 Å². The molecule has 0 rings (SSSR count). The van der Waals surface area contributed by atoms with Crippen molar-refractivity contribution in [1.82, 2.24) is 5.32 Å². The van der Waals surface area contributed by atoms with Crippen molar-refractivity contribution in [2.45, 2.75) is 46.3 Å². The number of hydrogen-bond donors (Lipinski definition) is 2. The first-order chi connectivity index (χ1) is 5.93. The molecule has 0 bridgehead atoms. The summed E-state index contributed by atoms with van der Waals surface area (Å²) in [5, 5.41) is 12.5. The van der Waals surface area contributed by atoms with E-state index in [0.717, 1.165) is 6.42 Å². The van der Waals surface area contributed by atoms with Crippen molar-refractivity contribution in [2.75, 3.05) is 6.54 Å². The zero-order chi connectivity index (χ0) is 10.4. The van der Waals surface area contributed by atoms with Gasteiger partial charge in [-0.1, -0.05) is 19.4 Å². The molecule has 0 radical (unpaired) electrons. The number of aliphatic hydroxyl groups excluding tert-OH is 1. The molecule has 2 N–H and O–H groups in total. The first-order valence-corrected chi connectivity index (χ1v) is 4.99. The normalized spacial score (nSPS) is 15.8. The molecule has 0 aromatic carbocycles. The van der Waals surface area contributed by atoms with Crippen LogP contribution in [0.15, 0.2) is 12.2 Å². The van der Waals surface area contributed by atoms with Gasteiger partial charge in [0, 0.05) is 12.6 Å². The van der Waals surface area contributed by atoms with Gasteiger partial charge in [0.1, 0.15) is 0 Å². The molecule has 0 heterocycles. The second-order valence-corrected chi connectivity index (χ2v) is 4.27. The van der Waals surface area contributed by atoms with E-state index in [0.29, 0.717) is 18.5 Å². The number of aliphatic hydroxyl groups is 1. The average molecular weight is 185 g/mol. The zero-order valence-electron chi connectivity index (χ0n) is 9.30. The Morgan fingerprint density at radius 3 is 2.23 bits per heavy atom. The van der Waals surface area contributed by atoms with E-state index < -0.39 is 0 Å². The summed E-state index contributed by atoms with van der Waals surface area (Å²) >= 11 is 0. The molecule has 0 spiro atoms. The van der Waals surface area contributed by atoms with Gasteiger partial charge in [-0.05, 0) is 26.2 Å². The molecule has 0 fully saturated rings. The van der Waals surface area contributed by atoms with E-state index in [4.69, 9.17) is 5.11 Å². The van der Waals surface area contributed by atoms with Crippen LogP contribution in [0.5, 0.6) is 0 Å². The molecule has 0 aliphatic carbocycles. The molecule has 13 heavy (non-hydrogen) atoms. The van der Waals surface area contributed by atoms with E-state index in [1.54, 1.807) is 6.92 Å². The number of rotatable bonds is 6. The van der Waals surface area contributed by atoms with E-state index >= 15 is 0 Å². The predicted octanol–water partition coefficient (Wildman–Crippen LogP) is 1.95. The topological polar surface area (TPSA) is 32.3 Å². The smallest absolute Gasteiger partial charge is 0.0636 e. The molecule has 2 unspecified atom stereocenters. The minimum absolute atomic E-state index is 0.272. The SMILES string of the molecule is C=C(C)CC(NCC(C)O)C(C)C. The van der Waals surface area contributed by atoms with Crippen LogP contribution in [0, 0.1) is 5.92 Å². The molecule has 2 atom stereocenters. The third kappa shape index (κ3) is 6.79. The van der Waals surface area contributed by atoms with Gasteiger partial charge in [-0.2, -0.15) is 0 Å². The maximum atomic E-state index is 9.13. The zero-order valence-corrected chi connectivity index (χ0v) is 9.30.